The zero-order valence-electron chi connectivity index (χ0n) is 19.0. The van der Waals surface area contributed by atoms with Gasteiger partial charge in [0.25, 0.3) is 5.92 Å². The van der Waals surface area contributed by atoms with E-state index in [2.05, 4.69) is 23.6 Å². The maximum Gasteiger partial charge on any atom is 0.283 e. The van der Waals surface area contributed by atoms with E-state index in [1.807, 2.05) is 18.7 Å². The predicted octanol–water partition coefficient (Wildman–Crippen LogP) is 1.99. The van der Waals surface area contributed by atoms with Gasteiger partial charge in [-0.05, 0) is 41.5 Å². The number of rotatable bonds is 8. The molecule has 2 rings (SSSR count). The van der Waals surface area contributed by atoms with Crippen LogP contribution in [-0.2, 0) is 9.53 Å². The van der Waals surface area contributed by atoms with Gasteiger partial charge in [-0.15, -0.1) is 0 Å². The van der Waals surface area contributed by atoms with Gasteiger partial charge in [0, 0.05) is 57.4 Å². The van der Waals surface area contributed by atoms with E-state index in [-0.39, 0.29) is 30.6 Å². The van der Waals surface area contributed by atoms with Gasteiger partial charge in [0.15, 0.2) is 0 Å². The van der Waals surface area contributed by atoms with E-state index in [0.29, 0.717) is 25.7 Å². The molecule has 0 bridgehead atoms. The van der Waals surface area contributed by atoms with Crippen LogP contribution in [0.25, 0.3) is 0 Å². The summed E-state index contributed by atoms with van der Waals surface area (Å²) in [6.07, 6.45) is -0.205. The van der Waals surface area contributed by atoms with E-state index in [1.54, 1.807) is 18.7 Å². The van der Waals surface area contributed by atoms with Crippen LogP contribution < -0.4 is 0 Å². The van der Waals surface area contributed by atoms with Crippen molar-refractivity contribution < 1.29 is 18.3 Å². The standard InChI is InChI=1S/C21H40F2N4O2/c1-16(2)25-7-9-26(10-8-25)20(28)13-27-18(5)11-24(12-19(27)6)14-21(22,23)15-29-17(3)4/h16-19H,7-15H2,1-6H3/t18-,19+. The minimum Gasteiger partial charge on any atom is -0.372 e. The maximum atomic E-state index is 14.2. The average molecular weight is 419 g/mol. The lowest BCUT2D eigenvalue weighted by molar-refractivity contribution is -0.138. The summed E-state index contributed by atoms with van der Waals surface area (Å²) in [5.74, 6) is -2.71. The summed E-state index contributed by atoms with van der Waals surface area (Å²) >= 11 is 0. The molecular formula is C21H40F2N4O2. The van der Waals surface area contributed by atoms with Gasteiger partial charge in [-0.3, -0.25) is 19.5 Å². The minimum atomic E-state index is -2.86. The molecule has 2 aliphatic rings. The number of ether oxygens (including phenoxy) is 1. The number of carbonyl (C=O) groups excluding carboxylic acids is 1. The Bertz CT molecular complexity index is 513. The lowest BCUT2D eigenvalue weighted by Gasteiger charge is -2.46. The van der Waals surface area contributed by atoms with E-state index < -0.39 is 12.5 Å². The van der Waals surface area contributed by atoms with Crippen LogP contribution in [0.5, 0.6) is 0 Å². The first-order valence-electron chi connectivity index (χ1n) is 11.0. The van der Waals surface area contributed by atoms with Crippen LogP contribution in [0.3, 0.4) is 0 Å². The highest BCUT2D eigenvalue weighted by molar-refractivity contribution is 5.78. The molecule has 2 saturated heterocycles. The third kappa shape index (κ3) is 7.42. The molecule has 1 amide bonds. The van der Waals surface area contributed by atoms with Crippen LogP contribution >= 0.6 is 0 Å². The second-order valence-corrected chi connectivity index (χ2v) is 9.29. The fraction of sp³-hybridized carbons (Fsp3) is 0.952. The lowest BCUT2D eigenvalue weighted by Crippen LogP contribution is -2.61. The number of alkyl halides is 2. The molecule has 2 fully saturated rings. The number of halogens is 2. The van der Waals surface area contributed by atoms with Crippen molar-refractivity contribution in [3.63, 3.8) is 0 Å². The third-order valence-electron chi connectivity index (χ3n) is 5.98. The number of piperazine rings is 2. The fourth-order valence-corrected chi connectivity index (χ4v) is 4.31. The van der Waals surface area contributed by atoms with Crippen LogP contribution in [0.2, 0.25) is 0 Å². The third-order valence-corrected chi connectivity index (χ3v) is 5.98. The van der Waals surface area contributed by atoms with Crippen molar-refractivity contribution in [3.8, 4) is 0 Å². The fourth-order valence-electron chi connectivity index (χ4n) is 4.31. The van der Waals surface area contributed by atoms with Gasteiger partial charge in [-0.1, -0.05) is 0 Å². The van der Waals surface area contributed by atoms with Crippen molar-refractivity contribution in [2.45, 2.75) is 71.7 Å². The summed E-state index contributed by atoms with van der Waals surface area (Å²) in [6.45, 7) is 15.9. The molecule has 6 nitrogen and oxygen atoms in total. The average Bonchev–Trinajstić information content (AvgIpc) is 2.62. The Labute approximate surface area is 175 Å². The minimum absolute atomic E-state index is 0.0569. The Morgan fingerprint density at radius 3 is 2.07 bits per heavy atom. The van der Waals surface area contributed by atoms with Crippen molar-refractivity contribution in [2.75, 3.05) is 59.0 Å². The van der Waals surface area contributed by atoms with Gasteiger partial charge in [0.2, 0.25) is 5.91 Å². The van der Waals surface area contributed by atoms with Gasteiger partial charge in [-0.2, -0.15) is 0 Å². The molecular weight excluding hydrogens is 378 g/mol. The maximum absolute atomic E-state index is 14.2. The normalized spacial score (nSPS) is 25.9. The highest BCUT2D eigenvalue weighted by Crippen LogP contribution is 2.22. The summed E-state index contributed by atoms with van der Waals surface area (Å²) in [4.78, 5) is 21.1. The van der Waals surface area contributed by atoms with Crippen LogP contribution in [0.4, 0.5) is 8.78 Å². The summed E-state index contributed by atoms with van der Waals surface area (Å²) in [6, 6.07) is 0.618. The summed E-state index contributed by atoms with van der Waals surface area (Å²) in [5, 5.41) is 0. The largest absolute Gasteiger partial charge is 0.372 e. The highest BCUT2D eigenvalue weighted by atomic mass is 19.3. The zero-order valence-corrected chi connectivity index (χ0v) is 19.0. The Balaban J connectivity index is 1.83. The molecule has 2 aliphatic heterocycles. The first-order valence-corrected chi connectivity index (χ1v) is 11.0. The first-order chi connectivity index (χ1) is 13.5. The second-order valence-electron chi connectivity index (χ2n) is 9.29. The number of hydrogen-bond acceptors (Lipinski definition) is 5. The first kappa shape index (κ1) is 24.4. The van der Waals surface area contributed by atoms with Crippen molar-refractivity contribution >= 4 is 5.91 Å². The summed E-state index contributed by atoms with van der Waals surface area (Å²) in [5.41, 5.74) is 0. The van der Waals surface area contributed by atoms with E-state index in [4.69, 9.17) is 4.74 Å². The van der Waals surface area contributed by atoms with Crippen molar-refractivity contribution in [1.29, 1.82) is 0 Å². The van der Waals surface area contributed by atoms with E-state index in [1.165, 1.54) is 0 Å². The molecule has 0 spiro atoms. The number of carbonyl (C=O) groups is 1. The van der Waals surface area contributed by atoms with E-state index in [9.17, 15) is 13.6 Å². The molecule has 0 N–H and O–H groups in total. The van der Waals surface area contributed by atoms with Gasteiger partial charge in [0.05, 0.1) is 19.2 Å². The molecule has 2 atom stereocenters. The SMILES string of the molecule is CC(C)OCC(F)(F)CN1C[C@@H](C)N(CC(=O)N2CCN(C(C)C)CC2)[C@@H](C)C1. The van der Waals surface area contributed by atoms with Gasteiger partial charge < -0.3 is 9.64 Å². The van der Waals surface area contributed by atoms with E-state index >= 15 is 0 Å². The zero-order chi connectivity index (χ0) is 21.8. The number of hydrogen-bond donors (Lipinski definition) is 0. The Morgan fingerprint density at radius 1 is 1.03 bits per heavy atom. The van der Waals surface area contributed by atoms with Gasteiger partial charge in [0.1, 0.15) is 6.61 Å². The topological polar surface area (TPSA) is 39.3 Å². The Hall–Kier alpha value is -0.830. The number of nitrogens with zero attached hydrogens (tertiary/aromatic N) is 4. The quantitative estimate of drug-likeness (QED) is 0.603. The molecule has 0 aliphatic carbocycles. The molecule has 0 aromatic heterocycles. The van der Waals surface area contributed by atoms with Gasteiger partial charge >= 0.3 is 0 Å². The smallest absolute Gasteiger partial charge is 0.283 e. The van der Waals surface area contributed by atoms with Crippen LogP contribution in [0.15, 0.2) is 0 Å². The Morgan fingerprint density at radius 2 is 1.59 bits per heavy atom. The van der Waals surface area contributed by atoms with Crippen molar-refractivity contribution in [1.82, 2.24) is 19.6 Å². The lowest BCUT2D eigenvalue weighted by atomic mass is 10.1. The van der Waals surface area contributed by atoms with E-state index in [0.717, 1.165) is 26.2 Å². The summed E-state index contributed by atoms with van der Waals surface area (Å²) < 4.78 is 33.6. The monoisotopic (exact) mass is 418 g/mol. The Kier molecular flexibility index (Phi) is 8.82. The second kappa shape index (κ2) is 10.5. The van der Waals surface area contributed by atoms with Crippen LogP contribution in [0.1, 0.15) is 41.5 Å². The molecule has 170 valence electrons. The van der Waals surface area contributed by atoms with Crippen molar-refractivity contribution in [3.05, 3.63) is 0 Å². The molecule has 0 aromatic carbocycles. The molecule has 8 heteroatoms. The molecule has 29 heavy (non-hydrogen) atoms. The molecule has 0 saturated carbocycles. The highest BCUT2D eigenvalue weighted by Gasteiger charge is 2.38. The van der Waals surface area contributed by atoms with Crippen LogP contribution in [-0.4, -0.2) is 115 Å². The number of amides is 1. The summed E-state index contributed by atoms with van der Waals surface area (Å²) in [7, 11) is 0. The molecule has 2 heterocycles. The predicted molar refractivity (Wildman–Crippen MR) is 111 cm³/mol. The molecule has 0 unspecified atom stereocenters. The molecule has 0 aromatic rings. The van der Waals surface area contributed by atoms with Crippen molar-refractivity contribution in [2.24, 2.45) is 0 Å². The van der Waals surface area contributed by atoms with Gasteiger partial charge in [-0.25, -0.2) is 8.78 Å². The van der Waals surface area contributed by atoms with Crippen LogP contribution in [0, 0.1) is 0 Å². The molecule has 0 radical (unpaired) electrons.